The Morgan fingerprint density at radius 2 is 1.00 bits per heavy atom. The summed E-state index contributed by atoms with van der Waals surface area (Å²) in [7, 11) is 0. The normalized spacial score (nSPS) is 11.7. The van der Waals surface area contributed by atoms with E-state index >= 15 is 0 Å². The van der Waals surface area contributed by atoms with Gasteiger partial charge in [-0.2, -0.15) is 0 Å². The lowest BCUT2D eigenvalue weighted by Crippen LogP contribution is -2.11. The molecule has 0 aliphatic heterocycles. The molecule has 0 bridgehead atoms. The van der Waals surface area contributed by atoms with Crippen LogP contribution in [0.1, 0.15) is 0 Å². The largest absolute Gasteiger partial charge is 0.454 e. The summed E-state index contributed by atoms with van der Waals surface area (Å²) in [5, 5.41) is 7.16. The van der Waals surface area contributed by atoms with Gasteiger partial charge >= 0.3 is 0 Å². The molecule has 0 saturated heterocycles. The molecular formula is C46H29NOS. The number of thiophene rings is 1. The molecule has 49 heavy (non-hydrogen) atoms. The van der Waals surface area contributed by atoms with Gasteiger partial charge in [0.05, 0.1) is 11.4 Å². The van der Waals surface area contributed by atoms with Crippen LogP contribution in [0.4, 0.5) is 17.1 Å². The fourth-order valence-corrected chi connectivity index (χ4v) is 8.54. The molecule has 0 aliphatic rings. The van der Waals surface area contributed by atoms with Gasteiger partial charge in [-0.15, -0.1) is 11.3 Å². The molecular weight excluding hydrogens is 615 g/mol. The molecule has 10 aromatic rings. The molecule has 0 radical (unpaired) electrons. The third-order valence-electron chi connectivity index (χ3n) is 9.68. The van der Waals surface area contributed by atoms with Gasteiger partial charge in [0, 0.05) is 42.0 Å². The fraction of sp³-hybridized carbons (Fsp3) is 0. The Morgan fingerprint density at radius 1 is 0.408 bits per heavy atom. The fourth-order valence-electron chi connectivity index (χ4n) is 7.46. The Hall–Kier alpha value is -6.16. The summed E-state index contributed by atoms with van der Waals surface area (Å²) in [6, 6.07) is 63.1. The van der Waals surface area contributed by atoms with E-state index in [0.717, 1.165) is 44.6 Å². The van der Waals surface area contributed by atoms with Crippen molar-refractivity contribution < 1.29 is 4.42 Å². The second-order valence-electron chi connectivity index (χ2n) is 12.5. The first kappa shape index (κ1) is 27.9. The maximum Gasteiger partial charge on any atom is 0.160 e. The van der Waals surface area contributed by atoms with Gasteiger partial charge in [-0.3, -0.25) is 0 Å². The van der Waals surface area contributed by atoms with E-state index in [-0.39, 0.29) is 0 Å². The summed E-state index contributed by atoms with van der Waals surface area (Å²) in [4.78, 5) is 2.41. The molecule has 10 rings (SSSR count). The van der Waals surface area contributed by atoms with Gasteiger partial charge in [-0.25, -0.2) is 0 Å². The third-order valence-corrected chi connectivity index (χ3v) is 10.8. The van der Waals surface area contributed by atoms with Gasteiger partial charge in [0.2, 0.25) is 0 Å². The van der Waals surface area contributed by atoms with Crippen LogP contribution in [0.25, 0.3) is 75.1 Å². The summed E-state index contributed by atoms with van der Waals surface area (Å²) in [5.41, 5.74) is 9.68. The molecule has 0 saturated carbocycles. The lowest BCUT2D eigenvalue weighted by molar-refractivity contribution is 0.669. The van der Waals surface area contributed by atoms with E-state index in [9.17, 15) is 0 Å². The van der Waals surface area contributed by atoms with Gasteiger partial charge < -0.3 is 9.32 Å². The molecule has 2 aromatic heterocycles. The van der Waals surface area contributed by atoms with Crippen molar-refractivity contribution in [3.05, 3.63) is 176 Å². The van der Waals surface area contributed by atoms with Crippen LogP contribution in [0.3, 0.4) is 0 Å². The van der Waals surface area contributed by atoms with E-state index < -0.39 is 0 Å². The molecule has 0 atom stereocenters. The zero-order chi connectivity index (χ0) is 32.3. The number of hydrogen-bond donors (Lipinski definition) is 0. The van der Waals surface area contributed by atoms with E-state index in [4.69, 9.17) is 4.42 Å². The smallest absolute Gasteiger partial charge is 0.160 e. The van der Waals surface area contributed by atoms with Crippen molar-refractivity contribution >= 4 is 81.3 Å². The van der Waals surface area contributed by atoms with Crippen molar-refractivity contribution in [1.82, 2.24) is 0 Å². The van der Waals surface area contributed by atoms with Crippen LogP contribution >= 0.6 is 11.3 Å². The number of benzene rings is 8. The Kier molecular flexibility index (Phi) is 6.39. The van der Waals surface area contributed by atoms with Crippen LogP contribution in [0, 0.1) is 0 Å². The molecule has 8 aromatic carbocycles. The van der Waals surface area contributed by atoms with E-state index in [1.807, 2.05) is 11.3 Å². The quantitative estimate of drug-likeness (QED) is 0.186. The van der Waals surface area contributed by atoms with E-state index in [2.05, 4.69) is 181 Å². The Labute approximate surface area is 287 Å². The molecule has 0 fully saturated rings. The van der Waals surface area contributed by atoms with Crippen molar-refractivity contribution in [2.75, 3.05) is 4.90 Å². The van der Waals surface area contributed by atoms with Gasteiger partial charge in [0.1, 0.15) is 5.58 Å². The maximum absolute atomic E-state index is 6.88. The third kappa shape index (κ3) is 4.47. The molecule has 3 heteroatoms. The maximum atomic E-state index is 6.88. The van der Waals surface area contributed by atoms with Crippen LogP contribution in [-0.4, -0.2) is 0 Å². The molecule has 0 amide bonds. The molecule has 0 spiro atoms. The van der Waals surface area contributed by atoms with E-state index in [1.54, 1.807) is 0 Å². The van der Waals surface area contributed by atoms with Crippen LogP contribution < -0.4 is 4.90 Å². The van der Waals surface area contributed by atoms with Crippen molar-refractivity contribution in [1.29, 1.82) is 0 Å². The van der Waals surface area contributed by atoms with Crippen LogP contribution in [0.15, 0.2) is 180 Å². The number of para-hydroxylation sites is 1. The highest BCUT2D eigenvalue weighted by Gasteiger charge is 2.24. The molecule has 2 nitrogen and oxygen atoms in total. The summed E-state index contributed by atoms with van der Waals surface area (Å²) in [6.45, 7) is 0. The number of rotatable bonds is 5. The average molecular weight is 644 g/mol. The first-order valence-electron chi connectivity index (χ1n) is 16.6. The van der Waals surface area contributed by atoms with Crippen LogP contribution in [-0.2, 0) is 0 Å². The Bertz CT molecular complexity index is 2830. The zero-order valence-corrected chi connectivity index (χ0v) is 27.3. The van der Waals surface area contributed by atoms with Gasteiger partial charge in [-0.05, 0) is 70.1 Å². The summed E-state index contributed by atoms with van der Waals surface area (Å²) in [6.07, 6.45) is 0. The molecule has 2 heterocycles. The first-order chi connectivity index (χ1) is 24.3. The summed E-state index contributed by atoms with van der Waals surface area (Å²) < 4.78 is 9.45. The first-order valence-corrected chi connectivity index (χ1v) is 17.4. The minimum atomic E-state index is 0.869. The topological polar surface area (TPSA) is 16.4 Å². The number of fused-ring (bicyclic) bond motifs is 7. The zero-order valence-electron chi connectivity index (χ0n) is 26.5. The number of hydrogen-bond acceptors (Lipinski definition) is 3. The minimum Gasteiger partial charge on any atom is -0.454 e. The van der Waals surface area contributed by atoms with Crippen LogP contribution in [0.2, 0.25) is 0 Å². The predicted octanol–water partition coefficient (Wildman–Crippen LogP) is 13.9. The SMILES string of the molecule is c1ccc(-c2ccc(N(c3ccc4sc5ccccc5c4c3)c3ccc(-c4ccccc4)c4c3oc3ccccc34)c3ccccc23)cc1. The molecule has 0 aliphatic carbocycles. The number of nitrogens with zero attached hydrogens (tertiary/aromatic N) is 1. The van der Waals surface area contributed by atoms with Gasteiger partial charge in [0.15, 0.2) is 5.58 Å². The highest BCUT2D eigenvalue weighted by molar-refractivity contribution is 7.25. The summed E-state index contributed by atoms with van der Waals surface area (Å²) >= 11 is 1.84. The van der Waals surface area contributed by atoms with Crippen LogP contribution in [0.5, 0.6) is 0 Å². The standard InChI is InChI=1S/C46H29NOS/c1-3-13-30(14-4-1)33-24-26-40(36-18-8-7-17-35(33)36)47(32-23-28-44-39(29-32)37-19-10-12-22-43(37)49-44)41-27-25-34(31-15-5-2-6-16-31)45-38-20-9-11-21-42(38)48-46(41)45/h1-29H. The lowest BCUT2D eigenvalue weighted by atomic mass is 9.95. The number of anilines is 3. The average Bonchev–Trinajstić information content (AvgIpc) is 3.75. The highest BCUT2D eigenvalue weighted by atomic mass is 32.1. The highest BCUT2D eigenvalue weighted by Crippen LogP contribution is 2.49. The van der Waals surface area contributed by atoms with Crippen molar-refractivity contribution in [2.45, 2.75) is 0 Å². The lowest BCUT2D eigenvalue weighted by Gasteiger charge is -2.28. The molecule has 230 valence electrons. The molecule has 0 unspecified atom stereocenters. The van der Waals surface area contributed by atoms with E-state index in [0.29, 0.717) is 0 Å². The summed E-state index contributed by atoms with van der Waals surface area (Å²) in [5.74, 6) is 0. The monoisotopic (exact) mass is 643 g/mol. The number of furan rings is 1. The second kappa shape index (κ2) is 11.2. The van der Waals surface area contributed by atoms with Crippen molar-refractivity contribution in [3.63, 3.8) is 0 Å². The van der Waals surface area contributed by atoms with Crippen molar-refractivity contribution in [2.24, 2.45) is 0 Å². The Morgan fingerprint density at radius 3 is 1.80 bits per heavy atom. The van der Waals surface area contributed by atoms with Gasteiger partial charge in [0.25, 0.3) is 0 Å². The molecule has 0 N–H and O–H groups in total. The van der Waals surface area contributed by atoms with E-state index in [1.165, 1.54) is 47.6 Å². The Balaban J connectivity index is 1.30. The van der Waals surface area contributed by atoms with Gasteiger partial charge in [-0.1, -0.05) is 133 Å². The predicted molar refractivity (Wildman–Crippen MR) is 210 cm³/mol. The second-order valence-corrected chi connectivity index (χ2v) is 13.5. The minimum absolute atomic E-state index is 0.869. The van der Waals surface area contributed by atoms with Crippen molar-refractivity contribution in [3.8, 4) is 22.3 Å².